The third-order valence-corrected chi connectivity index (χ3v) is 8.09. The molecule has 0 aliphatic carbocycles. The molecule has 0 bridgehead atoms. The maximum Gasteiger partial charge on any atom is 0.408 e. The van der Waals surface area contributed by atoms with E-state index in [1.54, 1.807) is 19.3 Å². The Labute approximate surface area is 189 Å². The smallest absolute Gasteiger partial charge is 0.408 e. The summed E-state index contributed by atoms with van der Waals surface area (Å²) in [6.07, 6.45) is 4.64. The minimum Gasteiger partial charge on any atom is -0.469 e. The molecule has 0 saturated carbocycles. The van der Waals surface area contributed by atoms with E-state index in [4.69, 9.17) is 14.0 Å². The minimum atomic E-state index is -3.40. The molecule has 174 valence electrons. The molecular formula is C23H31N2O6P. The zero-order valence-electron chi connectivity index (χ0n) is 18.7. The Bertz CT molecular complexity index is 894. The van der Waals surface area contributed by atoms with E-state index in [2.05, 4.69) is 10.3 Å². The standard InChI is InChI=1S/C23H31N2O6P/c1-18(25-23(27)31-16-20-8-5-4-6-9-20)32(28,30-3)17-21(22(26)29-2)11-7-10-19-12-14-24-15-13-19/h4-6,8-9,12-15,18,21H,7,10-11,16-17H2,1-3H3,(H,25,27). The van der Waals surface area contributed by atoms with Gasteiger partial charge in [-0.1, -0.05) is 30.3 Å². The van der Waals surface area contributed by atoms with Gasteiger partial charge in [-0.2, -0.15) is 0 Å². The molecule has 0 aliphatic rings. The highest BCUT2D eigenvalue weighted by Gasteiger charge is 2.37. The number of esters is 1. The lowest BCUT2D eigenvalue weighted by atomic mass is 10.0. The zero-order chi connectivity index (χ0) is 23.4. The Morgan fingerprint density at radius 3 is 2.38 bits per heavy atom. The Morgan fingerprint density at radius 1 is 1.06 bits per heavy atom. The Balaban J connectivity index is 1.94. The SMILES string of the molecule is COC(=O)C(CCCc1ccncc1)CP(=O)(OC)C(C)NC(=O)OCc1ccccc1. The minimum absolute atomic E-state index is 0.0351. The van der Waals surface area contributed by atoms with Gasteiger partial charge in [0.25, 0.3) is 0 Å². The molecule has 8 nitrogen and oxygen atoms in total. The van der Waals surface area contributed by atoms with E-state index in [1.165, 1.54) is 14.2 Å². The number of aromatic nitrogens is 1. The fraction of sp³-hybridized carbons (Fsp3) is 0.435. The lowest BCUT2D eigenvalue weighted by molar-refractivity contribution is -0.145. The number of pyridine rings is 1. The van der Waals surface area contributed by atoms with Crippen LogP contribution in [0.15, 0.2) is 54.9 Å². The molecule has 0 fully saturated rings. The van der Waals surface area contributed by atoms with Crippen molar-refractivity contribution in [2.45, 2.75) is 38.6 Å². The van der Waals surface area contributed by atoms with Gasteiger partial charge in [0, 0.05) is 25.7 Å². The molecule has 1 aromatic heterocycles. The number of aryl methyl sites for hydroxylation is 1. The molecule has 1 N–H and O–H groups in total. The number of ether oxygens (including phenoxy) is 2. The first kappa shape index (κ1) is 25.6. The summed E-state index contributed by atoms with van der Waals surface area (Å²) >= 11 is 0. The number of alkyl carbamates (subject to hydrolysis) is 1. The van der Waals surface area contributed by atoms with Crippen molar-refractivity contribution >= 4 is 19.4 Å². The number of hydrogen-bond acceptors (Lipinski definition) is 7. The van der Waals surface area contributed by atoms with Crippen molar-refractivity contribution in [3.05, 3.63) is 66.0 Å². The van der Waals surface area contributed by atoms with Crippen molar-refractivity contribution in [3.63, 3.8) is 0 Å². The Hall–Kier alpha value is -2.70. The van der Waals surface area contributed by atoms with Crippen molar-refractivity contribution < 1.29 is 28.2 Å². The third kappa shape index (κ3) is 8.09. The number of amides is 1. The Morgan fingerprint density at radius 2 is 1.75 bits per heavy atom. The highest BCUT2D eigenvalue weighted by Crippen LogP contribution is 2.52. The van der Waals surface area contributed by atoms with E-state index in [1.807, 2.05) is 42.5 Å². The van der Waals surface area contributed by atoms with Gasteiger partial charge in [0.05, 0.1) is 13.0 Å². The summed E-state index contributed by atoms with van der Waals surface area (Å²) in [4.78, 5) is 28.5. The second-order valence-electron chi connectivity index (χ2n) is 7.44. The maximum atomic E-state index is 13.4. The normalized spacial score (nSPS) is 14.6. The fourth-order valence-corrected chi connectivity index (χ4v) is 5.31. The number of carbonyl (C=O) groups excluding carboxylic acids is 2. The first-order valence-corrected chi connectivity index (χ1v) is 12.3. The van der Waals surface area contributed by atoms with E-state index < -0.39 is 31.1 Å². The number of rotatable bonds is 12. The van der Waals surface area contributed by atoms with Gasteiger partial charge in [0.2, 0.25) is 7.37 Å². The molecule has 3 atom stereocenters. The van der Waals surface area contributed by atoms with Crippen molar-refractivity contribution in [3.8, 4) is 0 Å². The average Bonchev–Trinajstić information content (AvgIpc) is 2.82. The first-order valence-electron chi connectivity index (χ1n) is 10.5. The summed E-state index contributed by atoms with van der Waals surface area (Å²) in [7, 11) is -0.776. The number of methoxy groups -OCH3 is 1. The largest absolute Gasteiger partial charge is 0.469 e. The van der Waals surface area contributed by atoms with Crippen molar-refractivity contribution in [1.29, 1.82) is 0 Å². The summed E-state index contributed by atoms with van der Waals surface area (Å²) in [6, 6.07) is 13.1. The quantitative estimate of drug-likeness (QED) is 0.368. The molecule has 32 heavy (non-hydrogen) atoms. The van der Waals surface area contributed by atoms with Gasteiger partial charge in [-0.25, -0.2) is 4.79 Å². The lowest BCUT2D eigenvalue weighted by Crippen LogP contribution is -2.35. The molecule has 3 unspecified atom stereocenters. The molecule has 9 heteroatoms. The van der Waals surface area contributed by atoms with Crippen LogP contribution in [-0.2, 0) is 36.4 Å². The van der Waals surface area contributed by atoms with Crippen LogP contribution in [0.3, 0.4) is 0 Å². The highest BCUT2D eigenvalue weighted by atomic mass is 31.2. The number of hydrogen-bond donors (Lipinski definition) is 1. The monoisotopic (exact) mass is 462 g/mol. The van der Waals surface area contributed by atoms with E-state index >= 15 is 0 Å². The molecule has 0 spiro atoms. The molecule has 2 aromatic rings. The fourth-order valence-electron chi connectivity index (χ4n) is 3.28. The summed E-state index contributed by atoms with van der Waals surface area (Å²) in [6.45, 7) is 1.68. The third-order valence-electron chi connectivity index (χ3n) is 5.22. The van der Waals surface area contributed by atoms with Crippen LogP contribution in [0.25, 0.3) is 0 Å². The van der Waals surface area contributed by atoms with E-state index in [0.29, 0.717) is 12.8 Å². The van der Waals surface area contributed by atoms with Gasteiger partial charge in [0.15, 0.2) is 0 Å². The summed E-state index contributed by atoms with van der Waals surface area (Å²) < 4.78 is 28.9. The van der Waals surface area contributed by atoms with Gasteiger partial charge in [-0.05, 0) is 49.4 Å². The summed E-state index contributed by atoms with van der Waals surface area (Å²) in [5.74, 6) is -1.89. The molecule has 1 amide bonds. The molecular weight excluding hydrogens is 431 g/mol. The molecule has 1 aromatic carbocycles. The van der Waals surface area contributed by atoms with E-state index in [9.17, 15) is 14.2 Å². The predicted octanol–water partition coefficient (Wildman–Crippen LogP) is 4.39. The van der Waals surface area contributed by atoms with Crippen LogP contribution < -0.4 is 5.32 Å². The molecule has 0 aliphatic heterocycles. The number of nitrogens with one attached hydrogen (secondary N) is 1. The zero-order valence-corrected chi connectivity index (χ0v) is 19.6. The van der Waals surface area contributed by atoms with Gasteiger partial charge < -0.3 is 19.3 Å². The van der Waals surface area contributed by atoms with E-state index in [0.717, 1.165) is 17.5 Å². The second kappa shape index (κ2) is 13.0. The summed E-state index contributed by atoms with van der Waals surface area (Å²) in [5.41, 5.74) is 1.94. The van der Waals surface area contributed by atoms with Crippen LogP contribution in [-0.4, -0.2) is 43.2 Å². The van der Waals surface area contributed by atoms with Crippen molar-refractivity contribution in [1.82, 2.24) is 10.3 Å². The molecule has 0 saturated heterocycles. The van der Waals surface area contributed by atoms with Gasteiger partial charge >= 0.3 is 12.1 Å². The molecule has 2 rings (SSSR count). The van der Waals surface area contributed by atoms with Gasteiger partial charge in [-0.15, -0.1) is 0 Å². The number of carbonyl (C=O) groups is 2. The number of nitrogens with zero attached hydrogens (tertiary/aromatic N) is 1. The number of benzene rings is 1. The van der Waals surface area contributed by atoms with Crippen LogP contribution in [0.2, 0.25) is 0 Å². The van der Waals surface area contributed by atoms with Crippen LogP contribution >= 0.6 is 7.37 Å². The average molecular weight is 462 g/mol. The molecule has 0 radical (unpaired) electrons. The van der Waals surface area contributed by atoms with Crippen LogP contribution in [0.4, 0.5) is 4.79 Å². The second-order valence-corrected chi connectivity index (χ2v) is 10.4. The van der Waals surface area contributed by atoms with Crippen LogP contribution in [0.5, 0.6) is 0 Å². The Kier molecular flexibility index (Phi) is 10.4. The topological polar surface area (TPSA) is 104 Å². The lowest BCUT2D eigenvalue weighted by Gasteiger charge is -2.27. The summed E-state index contributed by atoms with van der Waals surface area (Å²) in [5, 5.41) is 2.58. The highest BCUT2D eigenvalue weighted by molar-refractivity contribution is 7.59. The molecule has 1 heterocycles. The predicted molar refractivity (Wildman–Crippen MR) is 121 cm³/mol. The maximum absolute atomic E-state index is 13.4. The van der Waals surface area contributed by atoms with Crippen LogP contribution in [0, 0.1) is 5.92 Å². The first-order chi connectivity index (χ1) is 15.4. The van der Waals surface area contributed by atoms with Crippen molar-refractivity contribution in [2.24, 2.45) is 5.92 Å². The van der Waals surface area contributed by atoms with E-state index in [-0.39, 0.29) is 12.8 Å². The van der Waals surface area contributed by atoms with Gasteiger partial charge in [0.1, 0.15) is 12.4 Å². The van der Waals surface area contributed by atoms with Crippen LogP contribution in [0.1, 0.15) is 30.9 Å². The van der Waals surface area contributed by atoms with Gasteiger partial charge in [-0.3, -0.25) is 14.3 Å². The van der Waals surface area contributed by atoms with Crippen molar-refractivity contribution in [2.75, 3.05) is 20.4 Å².